The van der Waals surface area contributed by atoms with Gasteiger partial charge in [-0.25, -0.2) is 4.39 Å². The molecule has 0 radical (unpaired) electrons. The Hall–Kier alpha value is -2.63. The highest BCUT2D eigenvalue weighted by atomic mass is 19.1. The van der Waals surface area contributed by atoms with Gasteiger partial charge in [-0.15, -0.1) is 0 Å². The molecule has 5 nitrogen and oxygen atoms in total. The Morgan fingerprint density at radius 1 is 1.27 bits per heavy atom. The Balaban J connectivity index is 1.83. The lowest BCUT2D eigenvalue weighted by molar-refractivity contribution is 0.0818. The van der Waals surface area contributed by atoms with Crippen LogP contribution in [0.3, 0.4) is 0 Å². The first kappa shape index (κ1) is 14.3. The van der Waals surface area contributed by atoms with Crippen LogP contribution >= 0.6 is 0 Å². The minimum atomic E-state index is -0.598. The van der Waals surface area contributed by atoms with Crippen molar-refractivity contribution in [2.75, 3.05) is 0 Å². The summed E-state index contributed by atoms with van der Waals surface area (Å²) in [7, 11) is 0. The maximum atomic E-state index is 13.4. The standard InChI is InChI=1S/C16H16FN3O2/c17-12-4-1-3-11(8-12)16(5-2-6-16)20-15(22)13-7-10(9-19-13)14(18)21/h1,3-4,7-9,19H,2,5-6H2,(H2,18,21)(H,20,22). The van der Waals surface area contributed by atoms with Crippen LogP contribution < -0.4 is 11.1 Å². The highest BCUT2D eigenvalue weighted by Crippen LogP contribution is 2.41. The van der Waals surface area contributed by atoms with Gasteiger partial charge in [-0.1, -0.05) is 12.1 Å². The number of nitrogens with one attached hydrogen (secondary N) is 2. The van der Waals surface area contributed by atoms with Crippen molar-refractivity contribution in [3.8, 4) is 0 Å². The molecule has 22 heavy (non-hydrogen) atoms. The Bertz CT molecular complexity index is 734. The van der Waals surface area contributed by atoms with Gasteiger partial charge in [-0.05, 0) is 43.0 Å². The van der Waals surface area contributed by atoms with Crippen molar-refractivity contribution in [1.82, 2.24) is 10.3 Å². The summed E-state index contributed by atoms with van der Waals surface area (Å²) in [5, 5.41) is 2.95. The lowest BCUT2D eigenvalue weighted by Gasteiger charge is -2.43. The molecular weight excluding hydrogens is 285 g/mol. The molecule has 0 unspecified atom stereocenters. The van der Waals surface area contributed by atoms with Crippen LogP contribution in [0.2, 0.25) is 0 Å². The van der Waals surface area contributed by atoms with E-state index in [1.165, 1.54) is 24.4 Å². The van der Waals surface area contributed by atoms with Gasteiger partial charge >= 0.3 is 0 Å². The molecule has 0 bridgehead atoms. The zero-order valence-corrected chi connectivity index (χ0v) is 11.9. The van der Waals surface area contributed by atoms with E-state index in [0.717, 1.165) is 24.8 Å². The molecular formula is C16H16FN3O2. The largest absolute Gasteiger partial charge is 0.366 e. The van der Waals surface area contributed by atoms with Crippen LogP contribution in [0.5, 0.6) is 0 Å². The Morgan fingerprint density at radius 2 is 2.05 bits per heavy atom. The molecule has 0 spiro atoms. The summed E-state index contributed by atoms with van der Waals surface area (Å²) in [4.78, 5) is 26.2. The van der Waals surface area contributed by atoms with Gasteiger partial charge in [0.2, 0.25) is 5.91 Å². The van der Waals surface area contributed by atoms with Gasteiger partial charge < -0.3 is 16.0 Å². The molecule has 1 aromatic carbocycles. The molecule has 0 saturated heterocycles. The first-order chi connectivity index (χ1) is 10.5. The average Bonchev–Trinajstić information content (AvgIpc) is 2.92. The van der Waals surface area contributed by atoms with Gasteiger partial charge in [0.15, 0.2) is 0 Å². The van der Waals surface area contributed by atoms with Crippen molar-refractivity contribution in [2.24, 2.45) is 5.73 Å². The second-order valence-corrected chi connectivity index (χ2v) is 5.57. The average molecular weight is 301 g/mol. The fraction of sp³-hybridized carbons (Fsp3) is 0.250. The summed E-state index contributed by atoms with van der Waals surface area (Å²) in [5.74, 6) is -1.26. The third-order valence-electron chi connectivity index (χ3n) is 4.15. The van der Waals surface area contributed by atoms with Crippen molar-refractivity contribution in [3.05, 3.63) is 59.2 Å². The summed E-state index contributed by atoms with van der Waals surface area (Å²) in [5.41, 5.74) is 5.89. The predicted molar refractivity (Wildman–Crippen MR) is 78.7 cm³/mol. The van der Waals surface area contributed by atoms with E-state index in [-0.39, 0.29) is 23.0 Å². The molecule has 1 aromatic heterocycles. The number of primary amides is 1. The third-order valence-corrected chi connectivity index (χ3v) is 4.15. The quantitative estimate of drug-likeness (QED) is 0.807. The summed E-state index contributed by atoms with van der Waals surface area (Å²) in [6.45, 7) is 0. The summed E-state index contributed by atoms with van der Waals surface area (Å²) < 4.78 is 13.4. The molecule has 0 atom stereocenters. The van der Waals surface area contributed by atoms with Gasteiger partial charge in [0.05, 0.1) is 11.1 Å². The number of H-pyrrole nitrogens is 1. The smallest absolute Gasteiger partial charge is 0.268 e. The van der Waals surface area contributed by atoms with Gasteiger partial charge in [0.25, 0.3) is 5.91 Å². The number of carbonyl (C=O) groups is 2. The second-order valence-electron chi connectivity index (χ2n) is 5.57. The molecule has 1 saturated carbocycles. The van der Waals surface area contributed by atoms with E-state index < -0.39 is 11.4 Å². The molecule has 6 heteroatoms. The topological polar surface area (TPSA) is 88.0 Å². The number of aromatic nitrogens is 1. The Morgan fingerprint density at radius 3 is 2.59 bits per heavy atom. The van der Waals surface area contributed by atoms with E-state index in [1.54, 1.807) is 6.07 Å². The van der Waals surface area contributed by atoms with Crippen LogP contribution in [0.25, 0.3) is 0 Å². The van der Waals surface area contributed by atoms with Crippen LogP contribution in [-0.4, -0.2) is 16.8 Å². The van der Waals surface area contributed by atoms with Crippen LogP contribution in [-0.2, 0) is 5.54 Å². The van der Waals surface area contributed by atoms with E-state index in [9.17, 15) is 14.0 Å². The Labute approximate surface area is 126 Å². The van der Waals surface area contributed by atoms with E-state index in [1.807, 2.05) is 6.07 Å². The second kappa shape index (κ2) is 5.29. The number of benzene rings is 1. The molecule has 4 N–H and O–H groups in total. The zero-order valence-electron chi connectivity index (χ0n) is 11.9. The van der Waals surface area contributed by atoms with Gasteiger partial charge in [-0.2, -0.15) is 0 Å². The predicted octanol–water partition coefficient (Wildman–Crippen LogP) is 2.06. The van der Waals surface area contributed by atoms with E-state index in [2.05, 4.69) is 10.3 Å². The number of nitrogens with two attached hydrogens (primary N) is 1. The first-order valence-electron chi connectivity index (χ1n) is 7.07. The summed E-state index contributed by atoms with van der Waals surface area (Å²) >= 11 is 0. The van der Waals surface area contributed by atoms with Crippen LogP contribution in [0.15, 0.2) is 36.5 Å². The molecule has 2 amide bonds. The normalized spacial score (nSPS) is 15.9. The van der Waals surface area contributed by atoms with Crippen LogP contribution in [0.4, 0.5) is 4.39 Å². The Kier molecular flexibility index (Phi) is 3.44. The van der Waals surface area contributed by atoms with Crippen LogP contribution in [0.1, 0.15) is 45.7 Å². The molecule has 0 aliphatic heterocycles. The molecule has 2 aromatic rings. The molecule has 1 fully saturated rings. The fourth-order valence-electron chi connectivity index (χ4n) is 2.75. The number of hydrogen-bond acceptors (Lipinski definition) is 2. The molecule has 1 aliphatic carbocycles. The number of carbonyl (C=O) groups excluding carboxylic acids is 2. The molecule has 1 heterocycles. The maximum absolute atomic E-state index is 13.4. The minimum Gasteiger partial charge on any atom is -0.366 e. The molecule has 3 rings (SSSR count). The minimum absolute atomic E-state index is 0.249. The number of amides is 2. The zero-order chi connectivity index (χ0) is 15.7. The van der Waals surface area contributed by atoms with Crippen LogP contribution in [0, 0.1) is 5.82 Å². The van der Waals surface area contributed by atoms with Gasteiger partial charge in [0, 0.05) is 6.20 Å². The van der Waals surface area contributed by atoms with Crippen molar-refractivity contribution >= 4 is 11.8 Å². The number of rotatable bonds is 4. The van der Waals surface area contributed by atoms with E-state index >= 15 is 0 Å². The maximum Gasteiger partial charge on any atom is 0.268 e. The SMILES string of the molecule is NC(=O)c1c[nH]c(C(=O)NC2(c3cccc(F)c3)CCC2)c1. The number of hydrogen-bond donors (Lipinski definition) is 3. The lowest BCUT2D eigenvalue weighted by atomic mass is 9.71. The summed E-state index contributed by atoms with van der Waals surface area (Å²) in [6, 6.07) is 7.68. The van der Waals surface area contributed by atoms with Crippen molar-refractivity contribution in [1.29, 1.82) is 0 Å². The monoisotopic (exact) mass is 301 g/mol. The van der Waals surface area contributed by atoms with Gasteiger partial charge in [0.1, 0.15) is 11.5 Å². The number of aromatic amines is 1. The fourth-order valence-corrected chi connectivity index (χ4v) is 2.75. The van der Waals surface area contributed by atoms with Gasteiger partial charge in [-0.3, -0.25) is 9.59 Å². The first-order valence-corrected chi connectivity index (χ1v) is 7.07. The number of halogens is 1. The highest BCUT2D eigenvalue weighted by molar-refractivity contribution is 5.98. The highest BCUT2D eigenvalue weighted by Gasteiger charge is 2.40. The molecule has 114 valence electrons. The van der Waals surface area contributed by atoms with Crippen molar-refractivity contribution in [2.45, 2.75) is 24.8 Å². The summed E-state index contributed by atoms with van der Waals surface area (Å²) in [6.07, 6.45) is 3.87. The van der Waals surface area contributed by atoms with E-state index in [4.69, 9.17) is 5.73 Å². The lowest BCUT2D eigenvalue weighted by Crippen LogP contribution is -2.50. The van der Waals surface area contributed by atoms with E-state index in [0.29, 0.717) is 0 Å². The van der Waals surface area contributed by atoms with Crippen molar-refractivity contribution in [3.63, 3.8) is 0 Å². The third kappa shape index (κ3) is 2.47. The van der Waals surface area contributed by atoms with Crippen molar-refractivity contribution < 1.29 is 14.0 Å². The molecule has 1 aliphatic rings.